The molecule has 1 amide bonds. The molecule has 6 heteroatoms. The van der Waals surface area contributed by atoms with E-state index >= 15 is 0 Å². The van der Waals surface area contributed by atoms with E-state index in [-0.39, 0.29) is 12.5 Å². The molecule has 2 N–H and O–H groups in total. The van der Waals surface area contributed by atoms with E-state index in [2.05, 4.69) is 5.32 Å². The maximum atomic E-state index is 11.5. The van der Waals surface area contributed by atoms with Gasteiger partial charge in [0.25, 0.3) is 0 Å². The smallest absolute Gasteiger partial charge is 0.408 e. The molecular formula is C12H21NO5. The first-order valence-electron chi connectivity index (χ1n) is 6.12. The Hall–Kier alpha value is -1.30. The summed E-state index contributed by atoms with van der Waals surface area (Å²) < 4.78 is 10.4. The zero-order valence-electron chi connectivity index (χ0n) is 11.1. The van der Waals surface area contributed by atoms with Gasteiger partial charge in [0.1, 0.15) is 11.6 Å². The molecule has 1 saturated heterocycles. The molecule has 0 aliphatic carbocycles. The topological polar surface area (TPSA) is 84.9 Å². The van der Waals surface area contributed by atoms with Gasteiger partial charge in [0.05, 0.1) is 6.10 Å². The maximum Gasteiger partial charge on any atom is 0.408 e. The SMILES string of the molecule is CC(C)(C)OC(=O)N[C@H](C[C@H]1CCCO1)C(=O)O. The Morgan fingerprint density at radius 3 is 2.61 bits per heavy atom. The van der Waals surface area contributed by atoms with Crippen molar-refractivity contribution in [2.24, 2.45) is 0 Å². The highest BCUT2D eigenvalue weighted by molar-refractivity contribution is 5.80. The third kappa shape index (κ3) is 5.35. The van der Waals surface area contributed by atoms with E-state index in [0.29, 0.717) is 6.61 Å². The molecule has 1 rings (SSSR count). The first kappa shape index (κ1) is 14.8. The standard InChI is InChI=1S/C12H21NO5/c1-12(2,3)18-11(16)13-9(10(14)15)7-8-5-4-6-17-8/h8-9H,4-7H2,1-3H3,(H,13,16)(H,14,15)/t8-,9-/m1/s1. The van der Waals surface area contributed by atoms with Crippen molar-refractivity contribution >= 4 is 12.1 Å². The number of rotatable bonds is 4. The fourth-order valence-electron chi connectivity index (χ4n) is 1.76. The number of nitrogens with one attached hydrogen (secondary N) is 1. The van der Waals surface area contributed by atoms with Crippen molar-refractivity contribution in [1.82, 2.24) is 5.32 Å². The summed E-state index contributed by atoms with van der Waals surface area (Å²) in [5.74, 6) is -1.07. The molecule has 104 valence electrons. The first-order valence-corrected chi connectivity index (χ1v) is 6.12. The number of amides is 1. The van der Waals surface area contributed by atoms with Crippen LogP contribution in [0, 0.1) is 0 Å². The molecule has 1 aliphatic rings. The van der Waals surface area contributed by atoms with Gasteiger partial charge in [-0.15, -0.1) is 0 Å². The number of alkyl carbamates (subject to hydrolysis) is 1. The van der Waals surface area contributed by atoms with Crippen LogP contribution < -0.4 is 5.32 Å². The molecule has 1 fully saturated rings. The summed E-state index contributed by atoms with van der Waals surface area (Å²) >= 11 is 0. The Morgan fingerprint density at radius 2 is 2.17 bits per heavy atom. The summed E-state index contributed by atoms with van der Waals surface area (Å²) in [6.45, 7) is 5.83. The molecule has 6 nitrogen and oxygen atoms in total. The Bertz CT molecular complexity index is 304. The highest BCUT2D eigenvalue weighted by atomic mass is 16.6. The van der Waals surface area contributed by atoms with Gasteiger partial charge in [-0.05, 0) is 33.6 Å². The van der Waals surface area contributed by atoms with Gasteiger partial charge in [-0.1, -0.05) is 0 Å². The lowest BCUT2D eigenvalue weighted by molar-refractivity contribution is -0.140. The lowest BCUT2D eigenvalue weighted by atomic mass is 10.1. The van der Waals surface area contributed by atoms with Gasteiger partial charge in [0, 0.05) is 13.0 Å². The van der Waals surface area contributed by atoms with E-state index in [1.807, 2.05) is 0 Å². The van der Waals surface area contributed by atoms with E-state index in [0.717, 1.165) is 12.8 Å². The van der Waals surface area contributed by atoms with Crippen LogP contribution in [-0.4, -0.2) is 41.5 Å². The molecule has 0 spiro atoms. The van der Waals surface area contributed by atoms with Gasteiger partial charge in [-0.25, -0.2) is 9.59 Å². The maximum absolute atomic E-state index is 11.5. The number of carbonyl (C=O) groups is 2. The first-order chi connectivity index (χ1) is 8.28. The van der Waals surface area contributed by atoms with E-state index in [1.165, 1.54) is 0 Å². The second kappa shape index (κ2) is 6.04. The van der Waals surface area contributed by atoms with Crippen LogP contribution in [-0.2, 0) is 14.3 Å². The van der Waals surface area contributed by atoms with Crippen LogP contribution in [0.25, 0.3) is 0 Å². The number of carbonyl (C=O) groups excluding carboxylic acids is 1. The number of hydrogen-bond acceptors (Lipinski definition) is 4. The molecular weight excluding hydrogens is 238 g/mol. The van der Waals surface area contributed by atoms with Crippen LogP contribution in [0.4, 0.5) is 4.79 Å². The Labute approximate surface area is 107 Å². The van der Waals surface area contributed by atoms with Crippen LogP contribution >= 0.6 is 0 Å². The minimum atomic E-state index is -1.07. The number of hydrogen-bond donors (Lipinski definition) is 2. The van der Waals surface area contributed by atoms with Crippen molar-refractivity contribution in [1.29, 1.82) is 0 Å². The third-order valence-electron chi connectivity index (χ3n) is 2.51. The van der Waals surface area contributed by atoms with Gasteiger partial charge < -0.3 is 19.9 Å². The van der Waals surface area contributed by atoms with Crippen LogP contribution in [0.2, 0.25) is 0 Å². The normalized spacial score (nSPS) is 21.4. The molecule has 0 aromatic carbocycles. The Kier molecular flexibility index (Phi) is 4.95. The second-order valence-electron chi connectivity index (χ2n) is 5.41. The molecule has 1 aliphatic heterocycles. The summed E-state index contributed by atoms with van der Waals surface area (Å²) in [6.07, 6.45) is 1.23. The second-order valence-corrected chi connectivity index (χ2v) is 5.41. The molecule has 0 bridgehead atoms. The van der Waals surface area contributed by atoms with Crippen molar-refractivity contribution in [3.8, 4) is 0 Å². The largest absolute Gasteiger partial charge is 0.480 e. The predicted octanol–water partition coefficient (Wildman–Crippen LogP) is 1.53. The van der Waals surface area contributed by atoms with Gasteiger partial charge in [0.15, 0.2) is 0 Å². The molecule has 2 atom stereocenters. The lowest BCUT2D eigenvalue weighted by Gasteiger charge is -2.23. The average Bonchev–Trinajstić information content (AvgIpc) is 2.66. The van der Waals surface area contributed by atoms with Crippen LogP contribution in [0.15, 0.2) is 0 Å². The quantitative estimate of drug-likeness (QED) is 0.799. The van der Waals surface area contributed by atoms with Crippen molar-refractivity contribution in [2.75, 3.05) is 6.61 Å². The molecule has 1 heterocycles. The predicted molar refractivity (Wildman–Crippen MR) is 64.4 cm³/mol. The van der Waals surface area contributed by atoms with Crippen LogP contribution in [0.3, 0.4) is 0 Å². The van der Waals surface area contributed by atoms with Crippen LogP contribution in [0.5, 0.6) is 0 Å². The molecule has 0 saturated carbocycles. The number of ether oxygens (including phenoxy) is 2. The van der Waals surface area contributed by atoms with Gasteiger partial charge >= 0.3 is 12.1 Å². The zero-order chi connectivity index (χ0) is 13.8. The molecule has 0 unspecified atom stereocenters. The number of carboxylic acids is 1. The van der Waals surface area contributed by atoms with Crippen molar-refractivity contribution < 1.29 is 24.2 Å². The summed E-state index contributed by atoms with van der Waals surface area (Å²) in [5.41, 5.74) is -0.642. The van der Waals surface area contributed by atoms with E-state index in [1.54, 1.807) is 20.8 Å². The number of aliphatic carboxylic acids is 1. The summed E-state index contributed by atoms with van der Waals surface area (Å²) in [5, 5.41) is 11.4. The lowest BCUT2D eigenvalue weighted by Crippen LogP contribution is -2.45. The highest BCUT2D eigenvalue weighted by Gasteiger charge is 2.28. The van der Waals surface area contributed by atoms with Crippen molar-refractivity contribution in [3.63, 3.8) is 0 Å². The zero-order valence-corrected chi connectivity index (χ0v) is 11.1. The average molecular weight is 259 g/mol. The highest BCUT2D eigenvalue weighted by Crippen LogP contribution is 2.17. The minimum absolute atomic E-state index is 0.0963. The monoisotopic (exact) mass is 259 g/mol. The third-order valence-corrected chi connectivity index (χ3v) is 2.51. The summed E-state index contributed by atoms with van der Waals surface area (Å²) in [4.78, 5) is 22.6. The van der Waals surface area contributed by atoms with Crippen LogP contribution in [0.1, 0.15) is 40.0 Å². The van der Waals surface area contributed by atoms with E-state index in [9.17, 15) is 9.59 Å². The fourth-order valence-corrected chi connectivity index (χ4v) is 1.76. The minimum Gasteiger partial charge on any atom is -0.480 e. The van der Waals surface area contributed by atoms with E-state index in [4.69, 9.17) is 14.6 Å². The van der Waals surface area contributed by atoms with E-state index < -0.39 is 23.7 Å². The Balaban J connectivity index is 2.46. The van der Waals surface area contributed by atoms with Gasteiger partial charge in [-0.2, -0.15) is 0 Å². The molecule has 18 heavy (non-hydrogen) atoms. The molecule has 0 radical (unpaired) electrons. The van der Waals surface area contributed by atoms with Gasteiger partial charge in [0.2, 0.25) is 0 Å². The Morgan fingerprint density at radius 1 is 1.50 bits per heavy atom. The summed E-state index contributed by atoms with van der Waals surface area (Å²) in [7, 11) is 0. The number of carboxylic acid groups (broad SMARTS) is 1. The molecule has 0 aromatic heterocycles. The molecule has 0 aromatic rings. The summed E-state index contributed by atoms with van der Waals surface area (Å²) in [6, 6.07) is -0.969. The van der Waals surface area contributed by atoms with Crippen molar-refractivity contribution in [2.45, 2.75) is 57.8 Å². The van der Waals surface area contributed by atoms with Crippen molar-refractivity contribution in [3.05, 3.63) is 0 Å². The fraction of sp³-hybridized carbons (Fsp3) is 0.833. The van der Waals surface area contributed by atoms with Gasteiger partial charge in [-0.3, -0.25) is 0 Å².